The van der Waals surface area contributed by atoms with Gasteiger partial charge < -0.3 is 20.9 Å². The van der Waals surface area contributed by atoms with Gasteiger partial charge in [0.25, 0.3) is 0 Å². The Hall–Kier alpha value is -3.99. The van der Waals surface area contributed by atoms with Gasteiger partial charge in [-0.2, -0.15) is 13.2 Å². The molecule has 0 aliphatic rings. The Balaban J connectivity index is 1.78. The largest absolute Gasteiger partial charge is 0.437 e. The minimum absolute atomic E-state index is 0.0431. The lowest BCUT2D eigenvalue weighted by Crippen LogP contribution is -2.35. The Kier molecular flexibility index (Phi) is 6.20. The number of aromatic nitrogens is 3. The van der Waals surface area contributed by atoms with Gasteiger partial charge in [-0.3, -0.25) is 0 Å². The number of aliphatic hydroxyl groups is 1. The number of rotatable bonds is 6. The third-order valence-corrected chi connectivity index (χ3v) is 5.10. The lowest BCUT2D eigenvalue weighted by molar-refractivity contribution is -0.198. The zero-order chi connectivity index (χ0) is 24.5. The summed E-state index contributed by atoms with van der Waals surface area (Å²) in [6.45, 7) is 0.525. The Morgan fingerprint density at radius 3 is 2.50 bits per heavy atom. The molecule has 1 unspecified atom stereocenters. The van der Waals surface area contributed by atoms with E-state index in [1.165, 1.54) is 25.4 Å². The van der Waals surface area contributed by atoms with Crippen LogP contribution in [0, 0.1) is 12.7 Å². The molecule has 0 bridgehead atoms. The number of hydrogen-bond donors (Lipinski definition) is 3. The van der Waals surface area contributed by atoms with Crippen molar-refractivity contribution in [1.29, 1.82) is 0 Å². The molecule has 0 amide bonds. The second kappa shape index (κ2) is 9.10. The fourth-order valence-corrected chi connectivity index (χ4v) is 3.41. The average Bonchev–Trinajstić information content (AvgIpc) is 2.81. The predicted octanol–water partition coefficient (Wildman–Crippen LogP) is 4.85. The number of anilines is 2. The molecule has 2 heterocycles. The van der Waals surface area contributed by atoms with Crippen molar-refractivity contribution in [3.63, 3.8) is 0 Å². The van der Waals surface area contributed by atoms with Crippen molar-refractivity contribution < 1.29 is 27.4 Å². The first-order valence-electron chi connectivity index (χ1n) is 10.1. The summed E-state index contributed by atoms with van der Waals surface area (Å²) in [5, 5.41) is 12.4. The highest BCUT2D eigenvalue weighted by Crippen LogP contribution is 2.41. The highest BCUT2D eigenvalue weighted by Gasteiger charge is 2.38. The van der Waals surface area contributed by atoms with Gasteiger partial charge >= 0.3 is 6.18 Å². The van der Waals surface area contributed by atoms with E-state index >= 15 is 4.39 Å². The van der Waals surface area contributed by atoms with Gasteiger partial charge in [-0.05, 0) is 25.1 Å². The molecule has 176 valence electrons. The summed E-state index contributed by atoms with van der Waals surface area (Å²) in [7, 11) is 0. The zero-order valence-electron chi connectivity index (χ0n) is 17.8. The summed E-state index contributed by atoms with van der Waals surface area (Å²) in [6.07, 6.45) is -4.52. The van der Waals surface area contributed by atoms with Crippen LogP contribution in [0.15, 0.2) is 54.9 Å². The molecule has 0 aliphatic heterocycles. The fraction of sp³-hybridized carbons (Fsp3) is 0.174. The number of alkyl halides is 3. The van der Waals surface area contributed by atoms with E-state index in [0.29, 0.717) is 16.6 Å². The molecular weight excluding hydrogens is 454 g/mol. The van der Waals surface area contributed by atoms with Crippen LogP contribution in [0.5, 0.6) is 11.6 Å². The van der Waals surface area contributed by atoms with E-state index in [9.17, 15) is 18.3 Å². The minimum atomic E-state index is -4.84. The Morgan fingerprint density at radius 1 is 1.06 bits per heavy atom. The maximum atomic E-state index is 15.4. The number of pyridine rings is 1. The number of aliphatic hydroxyl groups excluding tert-OH is 1. The predicted molar refractivity (Wildman–Crippen MR) is 119 cm³/mol. The van der Waals surface area contributed by atoms with Crippen LogP contribution < -0.4 is 15.8 Å². The lowest BCUT2D eigenvalue weighted by atomic mass is 10.0. The summed E-state index contributed by atoms with van der Waals surface area (Å²) in [5.41, 5.74) is 6.48. The zero-order valence-corrected chi connectivity index (χ0v) is 17.8. The van der Waals surface area contributed by atoms with Gasteiger partial charge in [-0.15, -0.1) is 0 Å². The topological polar surface area (TPSA) is 106 Å². The van der Waals surface area contributed by atoms with Crippen molar-refractivity contribution in [1.82, 2.24) is 15.0 Å². The molecule has 0 radical (unpaired) electrons. The molecule has 2 aromatic carbocycles. The van der Waals surface area contributed by atoms with Crippen molar-refractivity contribution >= 4 is 22.4 Å². The number of nitrogens with two attached hydrogens (primary N) is 1. The van der Waals surface area contributed by atoms with Crippen LogP contribution in [0.2, 0.25) is 0 Å². The van der Waals surface area contributed by atoms with Crippen molar-refractivity contribution in [2.75, 3.05) is 17.6 Å². The van der Waals surface area contributed by atoms with E-state index in [1.807, 2.05) is 0 Å². The third-order valence-electron chi connectivity index (χ3n) is 5.10. The molecule has 0 saturated carbocycles. The summed E-state index contributed by atoms with van der Waals surface area (Å²) < 4.78 is 59.6. The summed E-state index contributed by atoms with van der Waals surface area (Å²) >= 11 is 0. The van der Waals surface area contributed by atoms with Crippen LogP contribution in [-0.2, 0) is 0 Å². The number of fused-ring (bicyclic) bond motifs is 1. The highest BCUT2D eigenvalue weighted by molar-refractivity contribution is 5.99. The molecule has 0 spiro atoms. The number of nitrogen functional groups attached to an aromatic ring is 1. The van der Waals surface area contributed by atoms with Gasteiger partial charge in [0.05, 0.1) is 16.9 Å². The SMILES string of the molecule is Cc1c(F)c(NCC(O)C(F)(F)F)c2ccccc2c1Oc1ncccc1-c1ccnc(N)n1. The average molecular weight is 473 g/mol. The molecular formula is C23H19F4N5O2. The molecule has 4 N–H and O–H groups in total. The maximum Gasteiger partial charge on any atom is 0.416 e. The minimum Gasteiger partial charge on any atom is -0.437 e. The van der Waals surface area contributed by atoms with Gasteiger partial charge in [-0.25, -0.2) is 19.3 Å². The van der Waals surface area contributed by atoms with Gasteiger partial charge in [0.1, 0.15) is 5.75 Å². The van der Waals surface area contributed by atoms with E-state index in [4.69, 9.17) is 10.5 Å². The first-order chi connectivity index (χ1) is 16.2. The van der Waals surface area contributed by atoms with Crippen LogP contribution in [0.4, 0.5) is 29.2 Å². The second-order valence-corrected chi connectivity index (χ2v) is 7.39. The molecule has 7 nitrogen and oxygen atoms in total. The van der Waals surface area contributed by atoms with Gasteiger partial charge in [0, 0.05) is 35.3 Å². The molecule has 1 atom stereocenters. The Morgan fingerprint density at radius 2 is 1.79 bits per heavy atom. The molecule has 11 heteroatoms. The van der Waals surface area contributed by atoms with E-state index < -0.39 is 24.6 Å². The molecule has 4 rings (SSSR count). The van der Waals surface area contributed by atoms with E-state index in [0.717, 1.165) is 0 Å². The van der Waals surface area contributed by atoms with E-state index in [-0.39, 0.29) is 34.2 Å². The van der Waals surface area contributed by atoms with Crippen LogP contribution in [-0.4, -0.2) is 38.9 Å². The first-order valence-corrected chi connectivity index (χ1v) is 10.1. The smallest absolute Gasteiger partial charge is 0.416 e. The van der Waals surface area contributed by atoms with Gasteiger partial charge in [0.2, 0.25) is 11.8 Å². The van der Waals surface area contributed by atoms with Crippen molar-refractivity contribution in [3.8, 4) is 22.9 Å². The third kappa shape index (κ3) is 4.55. The molecule has 0 saturated heterocycles. The number of hydrogen-bond acceptors (Lipinski definition) is 7. The van der Waals surface area contributed by atoms with Gasteiger partial charge in [0.15, 0.2) is 11.9 Å². The Bertz CT molecular complexity index is 1350. The monoisotopic (exact) mass is 473 g/mol. The maximum absolute atomic E-state index is 15.4. The van der Waals surface area contributed by atoms with Crippen LogP contribution in [0.25, 0.3) is 22.0 Å². The second-order valence-electron chi connectivity index (χ2n) is 7.39. The van der Waals surface area contributed by atoms with Crippen LogP contribution >= 0.6 is 0 Å². The van der Waals surface area contributed by atoms with Crippen molar-refractivity contribution in [2.24, 2.45) is 0 Å². The molecule has 4 aromatic rings. The standard InChI is InChI=1S/C23H19F4N5O2/c1-12-18(24)19(31-11-17(33)23(25,26)27)13-5-2-3-6-14(13)20(12)34-21-15(7-4-9-29-21)16-8-10-30-22(28)32-16/h2-10,17,31,33H,11H2,1H3,(H2,28,30,32). The number of nitrogens with one attached hydrogen (secondary N) is 1. The highest BCUT2D eigenvalue weighted by atomic mass is 19.4. The molecule has 0 aliphatic carbocycles. The number of nitrogens with zero attached hydrogens (tertiary/aromatic N) is 3. The number of ether oxygens (including phenoxy) is 1. The molecule has 0 fully saturated rings. The fourth-order valence-electron chi connectivity index (χ4n) is 3.41. The Labute approximate surface area is 191 Å². The molecule has 2 aromatic heterocycles. The van der Waals surface area contributed by atoms with Crippen molar-refractivity contribution in [3.05, 3.63) is 66.2 Å². The molecule has 34 heavy (non-hydrogen) atoms. The van der Waals surface area contributed by atoms with Gasteiger partial charge in [-0.1, -0.05) is 24.3 Å². The van der Waals surface area contributed by atoms with Crippen molar-refractivity contribution in [2.45, 2.75) is 19.2 Å². The summed E-state index contributed by atoms with van der Waals surface area (Å²) in [4.78, 5) is 12.3. The normalized spacial score (nSPS) is 12.5. The number of halogens is 4. The van der Waals surface area contributed by atoms with Crippen LogP contribution in [0.3, 0.4) is 0 Å². The van der Waals surface area contributed by atoms with Crippen LogP contribution in [0.1, 0.15) is 5.56 Å². The quantitative estimate of drug-likeness (QED) is 0.344. The summed E-state index contributed by atoms with van der Waals surface area (Å²) in [6, 6.07) is 11.5. The van der Waals surface area contributed by atoms with E-state index in [1.54, 1.807) is 36.4 Å². The first kappa shape index (κ1) is 23.2. The summed E-state index contributed by atoms with van der Waals surface area (Å²) in [5.74, 6) is -0.498. The van der Waals surface area contributed by atoms with E-state index in [2.05, 4.69) is 20.3 Å². The lowest BCUT2D eigenvalue weighted by Gasteiger charge is -2.20. The number of benzene rings is 2.